The van der Waals surface area contributed by atoms with E-state index in [9.17, 15) is 0 Å². The predicted molar refractivity (Wildman–Crippen MR) is 35.9 cm³/mol. The molecule has 0 saturated heterocycles. The van der Waals surface area contributed by atoms with E-state index >= 15 is 0 Å². The van der Waals surface area contributed by atoms with Gasteiger partial charge in [-0.05, 0) is 25.9 Å². The second-order valence-electron chi connectivity index (χ2n) is 2.45. The maximum Gasteiger partial charge on any atom is 0.00961 e. The van der Waals surface area contributed by atoms with Gasteiger partial charge in [-0.15, -0.1) is 0 Å². The van der Waals surface area contributed by atoms with Crippen LogP contribution < -0.4 is 0 Å². The van der Waals surface area contributed by atoms with Crippen LogP contribution in [0.2, 0.25) is 0 Å². The number of hydrogen-bond donors (Lipinski definition) is 0. The van der Waals surface area contributed by atoms with Crippen LogP contribution in [-0.4, -0.2) is 24.0 Å². The van der Waals surface area contributed by atoms with E-state index in [1.54, 1.807) is 0 Å². The van der Waals surface area contributed by atoms with E-state index in [0.29, 0.717) is 0 Å². The third-order valence-corrected chi connectivity index (χ3v) is 1.88. The highest BCUT2D eigenvalue weighted by Crippen LogP contribution is 2.25. The Morgan fingerprint density at radius 1 is 1.25 bits per heavy atom. The molecule has 0 radical (unpaired) electrons. The highest BCUT2D eigenvalue weighted by atomic mass is 15.2. The van der Waals surface area contributed by atoms with Crippen molar-refractivity contribution in [1.29, 1.82) is 0 Å². The maximum absolute atomic E-state index is 2.53. The van der Waals surface area contributed by atoms with Crippen LogP contribution in [0.3, 0.4) is 0 Å². The number of nitrogens with zero attached hydrogens (tertiary/aromatic N) is 1. The minimum Gasteiger partial charge on any atom is -0.301 e. The molecule has 1 aliphatic carbocycles. The molecule has 0 aliphatic heterocycles. The molecule has 0 aromatic carbocycles. The fourth-order valence-electron chi connectivity index (χ4n) is 1.18. The summed E-state index contributed by atoms with van der Waals surface area (Å²) in [6.07, 6.45) is 2.89. The van der Waals surface area contributed by atoms with Gasteiger partial charge in [-0.3, -0.25) is 0 Å². The van der Waals surface area contributed by atoms with Crippen molar-refractivity contribution in [3.8, 4) is 0 Å². The molecule has 8 heavy (non-hydrogen) atoms. The Hall–Kier alpha value is -0.0400. The summed E-state index contributed by atoms with van der Waals surface area (Å²) >= 11 is 0. The predicted octanol–water partition coefficient (Wildman–Crippen LogP) is 1.49. The SMILES string of the molecule is CCN(CC)C1CC1. The summed E-state index contributed by atoms with van der Waals surface area (Å²) in [7, 11) is 0. The largest absolute Gasteiger partial charge is 0.301 e. The summed E-state index contributed by atoms with van der Waals surface area (Å²) in [6.45, 7) is 6.95. The van der Waals surface area contributed by atoms with Crippen LogP contribution >= 0.6 is 0 Å². The molecule has 1 heteroatoms. The fraction of sp³-hybridized carbons (Fsp3) is 1.00. The van der Waals surface area contributed by atoms with Gasteiger partial charge in [-0.1, -0.05) is 13.8 Å². The molecule has 0 heterocycles. The number of rotatable bonds is 3. The first kappa shape index (κ1) is 6.09. The van der Waals surface area contributed by atoms with Crippen molar-refractivity contribution in [2.45, 2.75) is 32.7 Å². The van der Waals surface area contributed by atoms with Gasteiger partial charge >= 0.3 is 0 Å². The Morgan fingerprint density at radius 3 is 1.88 bits per heavy atom. The van der Waals surface area contributed by atoms with E-state index in [4.69, 9.17) is 0 Å². The van der Waals surface area contributed by atoms with Gasteiger partial charge in [0.2, 0.25) is 0 Å². The Bertz CT molecular complexity index is 62.8. The molecule has 1 saturated carbocycles. The van der Waals surface area contributed by atoms with Crippen molar-refractivity contribution < 1.29 is 0 Å². The van der Waals surface area contributed by atoms with Gasteiger partial charge in [0.05, 0.1) is 0 Å². The second-order valence-corrected chi connectivity index (χ2v) is 2.45. The van der Waals surface area contributed by atoms with Crippen molar-refractivity contribution in [1.82, 2.24) is 4.90 Å². The molecule has 0 aromatic heterocycles. The van der Waals surface area contributed by atoms with Crippen molar-refractivity contribution in [3.63, 3.8) is 0 Å². The van der Waals surface area contributed by atoms with E-state index in [2.05, 4.69) is 18.7 Å². The lowest BCUT2D eigenvalue weighted by molar-refractivity contribution is 0.293. The first-order valence-corrected chi connectivity index (χ1v) is 3.62. The topological polar surface area (TPSA) is 3.24 Å². The van der Waals surface area contributed by atoms with Gasteiger partial charge in [0.25, 0.3) is 0 Å². The van der Waals surface area contributed by atoms with Crippen molar-refractivity contribution in [2.75, 3.05) is 13.1 Å². The molecule has 48 valence electrons. The van der Waals surface area contributed by atoms with E-state index in [0.717, 1.165) is 6.04 Å². The van der Waals surface area contributed by atoms with E-state index in [1.165, 1.54) is 25.9 Å². The average Bonchev–Trinajstić information content (AvgIpc) is 2.53. The molecule has 1 aliphatic rings. The first-order chi connectivity index (χ1) is 3.88. The van der Waals surface area contributed by atoms with Gasteiger partial charge in [-0.25, -0.2) is 0 Å². The summed E-state index contributed by atoms with van der Waals surface area (Å²) in [5.41, 5.74) is 0. The van der Waals surface area contributed by atoms with Crippen molar-refractivity contribution in [2.24, 2.45) is 0 Å². The zero-order valence-electron chi connectivity index (χ0n) is 5.85. The summed E-state index contributed by atoms with van der Waals surface area (Å²) in [5.74, 6) is 0. The molecule has 1 fully saturated rings. The van der Waals surface area contributed by atoms with Crippen LogP contribution in [0.25, 0.3) is 0 Å². The molecular weight excluding hydrogens is 98.1 g/mol. The van der Waals surface area contributed by atoms with Crippen LogP contribution in [0.4, 0.5) is 0 Å². The standard InChI is InChI=1S/C7H15N/c1-3-8(4-2)7-5-6-7/h7H,3-6H2,1-2H3. The quantitative estimate of drug-likeness (QED) is 0.536. The minimum atomic E-state index is 0.963. The third-order valence-electron chi connectivity index (χ3n) is 1.88. The van der Waals surface area contributed by atoms with Crippen LogP contribution in [-0.2, 0) is 0 Å². The van der Waals surface area contributed by atoms with Gasteiger partial charge in [-0.2, -0.15) is 0 Å². The molecule has 0 amide bonds. The third kappa shape index (κ3) is 1.22. The Kier molecular flexibility index (Phi) is 1.90. The maximum atomic E-state index is 2.53. The summed E-state index contributed by atoms with van der Waals surface area (Å²) in [4.78, 5) is 2.53. The van der Waals surface area contributed by atoms with Crippen LogP contribution in [0.15, 0.2) is 0 Å². The van der Waals surface area contributed by atoms with E-state index in [-0.39, 0.29) is 0 Å². The lowest BCUT2D eigenvalue weighted by atomic mass is 10.5. The normalized spacial score (nSPS) is 19.9. The minimum absolute atomic E-state index is 0.963. The monoisotopic (exact) mass is 113 g/mol. The lowest BCUT2D eigenvalue weighted by Crippen LogP contribution is -2.24. The van der Waals surface area contributed by atoms with Gasteiger partial charge < -0.3 is 4.90 Å². The average molecular weight is 113 g/mol. The molecule has 0 bridgehead atoms. The molecule has 1 nitrogen and oxygen atoms in total. The Labute approximate surface area is 51.7 Å². The first-order valence-electron chi connectivity index (χ1n) is 3.62. The lowest BCUT2D eigenvalue weighted by Gasteiger charge is -2.15. The fourth-order valence-corrected chi connectivity index (χ4v) is 1.18. The van der Waals surface area contributed by atoms with Gasteiger partial charge in [0.1, 0.15) is 0 Å². The number of hydrogen-bond acceptors (Lipinski definition) is 1. The molecule has 0 atom stereocenters. The molecule has 0 spiro atoms. The summed E-state index contributed by atoms with van der Waals surface area (Å²) < 4.78 is 0. The van der Waals surface area contributed by atoms with Gasteiger partial charge in [0.15, 0.2) is 0 Å². The molecule has 0 aromatic rings. The van der Waals surface area contributed by atoms with Crippen molar-refractivity contribution >= 4 is 0 Å². The second kappa shape index (κ2) is 2.49. The summed E-state index contributed by atoms with van der Waals surface area (Å²) in [6, 6.07) is 0.963. The highest BCUT2D eigenvalue weighted by Gasteiger charge is 2.25. The summed E-state index contributed by atoms with van der Waals surface area (Å²) in [5, 5.41) is 0. The molecule has 1 rings (SSSR count). The van der Waals surface area contributed by atoms with E-state index < -0.39 is 0 Å². The molecular formula is C7H15N. The zero-order chi connectivity index (χ0) is 5.98. The molecule has 0 N–H and O–H groups in total. The van der Waals surface area contributed by atoms with Crippen LogP contribution in [0.5, 0.6) is 0 Å². The zero-order valence-corrected chi connectivity index (χ0v) is 5.85. The van der Waals surface area contributed by atoms with E-state index in [1.807, 2.05) is 0 Å². The Morgan fingerprint density at radius 2 is 1.75 bits per heavy atom. The van der Waals surface area contributed by atoms with Crippen LogP contribution in [0.1, 0.15) is 26.7 Å². The van der Waals surface area contributed by atoms with Crippen molar-refractivity contribution in [3.05, 3.63) is 0 Å². The highest BCUT2D eigenvalue weighted by molar-refractivity contribution is 4.82. The molecule has 0 unspecified atom stereocenters. The van der Waals surface area contributed by atoms with Crippen LogP contribution in [0, 0.1) is 0 Å². The van der Waals surface area contributed by atoms with Gasteiger partial charge in [0, 0.05) is 6.04 Å². The smallest absolute Gasteiger partial charge is 0.00961 e. The Balaban J connectivity index is 2.15.